The topological polar surface area (TPSA) is 26.0 Å². The first-order valence-corrected chi connectivity index (χ1v) is 6.72. The van der Waals surface area contributed by atoms with Crippen molar-refractivity contribution >= 4 is 11.8 Å². The maximum Gasteiger partial charge on any atom is 0.0171 e. The number of nitrogens with two attached hydrogens (primary N) is 1. The highest BCUT2D eigenvalue weighted by molar-refractivity contribution is 7.99. The first-order valence-electron chi connectivity index (χ1n) is 5.73. The summed E-state index contributed by atoms with van der Waals surface area (Å²) in [6.07, 6.45) is 1.97. The third kappa shape index (κ3) is 4.86. The minimum Gasteiger partial charge on any atom is -0.327 e. The van der Waals surface area contributed by atoms with Crippen molar-refractivity contribution in [3.63, 3.8) is 0 Å². The highest BCUT2D eigenvalue weighted by Gasteiger charge is 2.05. The number of thioether (sulfide) groups is 1. The van der Waals surface area contributed by atoms with E-state index in [-0.39, 0.29) is 6.04 Å². The molecule has 88 valence electrons. The lowest BCUT2D eigenvalue weighted by Gasteiger charge is -2.12. The molecule has 2 heteroatoms. The van der Waals surface area contributed by atoms with Gasteiger partial charge in [-0.15, -0.1) is 11.8 Å². The van der Waals surface area contributed by atoms with Crippen molar-refractivity contribution < 1.29 is 0 Å². The lowest BCUT2D eigenvalue weighted by atomic mass is 10.1. The monoisotopic (exact) mass is 235 g/mol. The molecule has 0 aliphatic rings. The van der Waals surface area contributed by atoms with Gasteiger partial charge in [0.1, 0.15) is 0 Å². The van der Waals surface area contributed by atoms with E-state index in [1.807, 2.05) is 11.8 Å². The van der Waals surface area contributed by atoms with Gasteiger partial charge in [-0.05, 0) is 31.9 Å². The molecule has 0 bridgehead atoms. The molecule has 0 aromatic heterocycles. The molecule has 1 aromatic carbocycles. The molecule has 16 heavy (non-hydrogen) atoms. The summed E-state index contributed by atoms with van der Waals surface area (Å²) in [5.74, 6) is 0.961. The van der Waals surface area contributed by atoms with E-state index in [9.17, 15) is 0 Å². The molecule has 0 saturated carbocycles. The molecule has 0 radical (unpaired) electrons. The van der Waals surface area contributed by atoms with Crippen LogP contribution in [-0.2, 0) is 0 Å². The largest absolute Gasteiger partial charge is 0.327 e. The fraction of sp³-hybridized carbons (Fsp3) is 0.429. The quantitative estimate of drug-likeness (QED) is 0.600. The van der Waals surface area contributed by atoms with Crippen LogP contribution in [0.5, 0.6) is 0 Å². The number of rotatable bonds is 6. The Hall–Kier alpha value is -0.730. The Kier molecular flexibility index (Phi) is 5.64. The van der Waals surface area contributed by atoms with Gasteiger partial charge in [0.15, 0.2) is 0 Å². The maximum atomic E-state index is 6.05. The average Bonchev–Trinajstić information content (AvgIpc) is 2.26. The first kappa shape index (κ1) is 13.3. The predicted octanol–water partition coefficient (Wildman–Crippen LogP) is 3.77. The van der Waals surface area contributed by atoms with E-state index in [1.54, 1.807) is 0 Å². The lowest BCUT2D eigenvalue weighted by molar-refractivity contribution is 0.726. The van der Waals surface area contributed by atoms with Gasteiger partial charge in [0, 0.05) is 16.7 Å². The SMILES string of the molecule is C=C(CC)CC(N)CSc1cccc(C)c1. The standard InChI is InChI=1S/C14H21NS/c1-4-11(2)8-13(15)10-16-14-7-5-6-12(3)9-14/h5-7,9,13H,2,4,8,10,15H2,1,3H3. The van der Waals surface area contributed by atoms with Gasteiger partial charge in [0.2, 0.25) is 0 Å². The van der Waals surface area contributed by atoms with Crippen LogP contribution in [-0.4, -0.2) is 11.8 Å². The van der Waals surface area contributed by atoms with Crippen molar-refractivity contribution in [3.8, 4) is 0 Å². The predicted molar refractivity (Wildman–Crippen MR) is 73.9 cm³/mol. The Morgan fingerprint density at radius 1 is 1.50 bits per heavy atom. The Morgan fingerprint density at radius 3 is 2.88 bits per heavy atom. The molecule has 1 rings (SSSR count). The third-order valence-corrected chi connectivity index (χ3v) is 3.69. The van der Waals surface area contributed by atoms with Gasteiger partial charge in [-0.2, -0.15) is 0 Å². The summed E-state index contributed by atoms with van der Waals surface area (Å²) in [6, 6.07) is 8.76. The van der Waals surface area contributed by atoms with Crippen LogP contribution in [0.25, 0.3) is 0 Å². The smallest absolute Gasteiger partial charge is 0.0171 e. The summed E-state index contributed by atoms with van der Waals surface area (Å²) in [7, 11) is 0. The molecular weight excluding hydrogens is 214 g/mol. The summed E-state index contributed by atoms with van der Waals surface area (Å²) in [5.41, 5.74) is 8.60. The van der Waals surface area contributed by atoms with Crippen LogP contribution in [0.15, 0.2) is 41.3 Å². The molecule has 2 N–H and O–H groups in total. The number of benzene rings is 1. The molecule has 1 atom stereocenters. The van der Waals surface area contributed by atoms with Crippen LogP contribution >= 0.6 is 11.8 Å². The van der Waals surface area contributed by atoms with Crippen LogP contribution in [0, 0.1) is 6.92 Å². The van der Waals surface area contributed by atoms with E-state index < -0.39 is 0 Å². The molecule has 0 heterocycles. The molecule has 0 spiro atoms. The molecule has 0 saturated heterocycles. The normalized spacial score (nSPS) is 12.4. The second-order valence-electron chi connectivity index (χ2n) is 4.20. The van der Waals surface area contributed by atoms with E-state index in [4.69, 9.17) is 5.73 Å². The molecule has 1 nitrogen and oxygen atoms in total. The third-order valence-electron chi connectivity index (χ3n) is 2.50. The Bertz CT molecular complexity index is 346. The second-order valence-corrected chi connectivity index (χ2v) is 5.29. The Labute approximate surface area is 103 Å². The zero-order valence-corrected chi connectivity index (χ0v) is 11.0. The Morgan fingerprint density at radius 2 is 2.25 bits per heavy atom. The van der Waals surface area contributed by atoms with Crippen molar-refractivity contribution in [1.29, 1.82) is 0 Å². The van der Waals surface area contributed by atoms with E-state index in [1.165, 1.54) is 16.0 Å². The zero-order valence-electron chi connectivity index (χ0n) is 10.2. The van der Waals surface area contributed by atoms with Crippen LogP contribution in [0.4, 0.5) is 0 Å². The van der Waals surface area contributed by atoms with E-state index in [0.717, 1.165) is 18.6 Å². The van der Waals surface area contributed by atoms with Crippen LogP contribution in [0.1, 0.15) is 25.3 Å². The van der Waals surface area contributed by atoms with Crippen molar-refractivity contribution in [2.75, 3.05) is 5.75 Å². The van der Waals surface area contributed by atoms with Crippen LogP contribution in [0.2, 0.25) is 0 Å². The summed E-state index contributed by atoms with van der Waals surface area (Å²) in [6.45, 7) is 8.23. The summed E-state index contributed by atoms with van der Waals surface area (Å²) in [5, 5.41) is 0. The average molecular weight is 235 g/mol. The number of aryl methyl sites for hydroxylation is 1. The van der Waals surface area contributed by atoms with E-state index >= 15 is 0 Å². The van der Waals surface area contributed by atoms with Gasteiger partial charge in [-0.25, -0.2) is 0 Å². The van der Waals surface area contributed by atoms with Crippen molar-refractivity contribution in [3.05, 3.63) is 42.0 Å². The minimum atomic E-state index is 0.220. The van der Waals surface area contributed by atoms with Gasteiger partial charge in [-0.1, -0.05) is 36.8 Å². The fourth-order valence-electron chi connectivity index (χ4n) is 1.48. The maximum absolute atomic E-state index is 6.05. The van der Waals surface area contributed by atoms with Gasteiger partial charge in [0.25, 0.3) is 0 Å². The highest BCUT2D eigenvalue weighted by Crippen LogP contribution is 2.20. The van der Waals surface area contributed by atoms with E-state index in [2.05, 4.69) is 44.7 Å². The first-order chi connectivity index (χ1) is 7.61. The van der Waals surface area contributed by atoms with Gasteiger partial charge in [0.05, 0.1) is 0 Å². The van der Waals surface area contributed by atoms with Gasteiger partial charge < -0.3 is 5.73 Å². The number of hydrogen-bond acceptors (Lipinski definition) is 2. The zero-order chi connectivity index (χ0) is 12.0. The molecule has 1 unspecified atom stereocenters. The molecule has 0 aliphatic carbocycles. The Balaban J connectivity index is 2.37. The van der Waals surface area contributed by atoms with Crippen molar-refractivity contribution in [2.45, 2.75) is 37.6 Å². The van der Waals surface area contributed by atoms with Crippen molar-refractivity contribution in [1.82, 2.24) is 0 Å². The molecule has 0 fully saturated rings. The molecule has 0 amide bonds. The van der Waals surface area contributed by atoms with Crippen molar-refractivity contribution in [2.24, 2.45) is 5.73 Å². The molecule has 1 aromatic rings. The van der Waals surface area contributed by atoms with Crippen LogP contribution in [0.3, 0.4) is 0 Å². The summed E-state index contributed by atoms with van der Waals surface area (Å²) >= 11 is 1.83. The van der Waals surface area contributed by atoms with Gasteiger partial charge >= 0.3 is 0 Å². The fourth-order valence-corrected chi connectivity index (χ4v) is 2.45. The van der Waals surface area contributed by atoms with Gasteiger partial charge in [-0.3, -0.25) is 0 Å². The highest BCUT2D eigenvalue weighted by atomic mass is 32.2. The minimum absolute atomic E-state index is 0.220. The summed E-state index contributed by atoms with van der Waals surface area (Å²) < 4.78 is 0. The van der Waals surface area contributed by atoms with Crippen LogP contribution < -0.4 is 5.73 Å². The molecule has 0 aliphatic heterocycles. The summed E-state index contributed by atoms with van der Waals surface area (Å²) in [4.78, 5) is 1.30. The molecular formula is C14H21NS. The second kappa shape index (κ2) is 6.77. The number of hydrogen-bond donors (Lipinski definition) is 1. The lowest BCUT2D eigenvalue weighted by Crippen LogP contribution is -2.23. The van der Waals surface area contributed by atoms with E-state index in [0.29, 0.717) is 0 Å².